The largest absolute Gasteiger partial charge is 0.490 e. The highest BCUT2D eigenvalue weighted by Gasteiger charge is 2.66. The first-order valence-corrected chi connectivity index (χ1v) is 11.0. The molecule has 0 aliphatic carbocycles. The van der Waals surface area contributed by atoms with E-state index in [4.69, 9.17) is 21.1 Å². The maximum atomic E-state index is 14.1. The van der Waals surface area contributed by atoms with Gasteiger partial charge in [0.1, 0.15) is 5.92 Å². The Hall–Kier alpha value is -2.98. The Bertz CT molecular complexity index is 1050. The Labute approximate surface area is 199 Å². The third-order valence-electron chi connectivity index (χ3n) is 5.31. The zero-order chi connectivity index (χ0) is 25.1. The van der Waals surface area contributed by atoms with E-state index in [1.54, 1.807) is 6.92 Å². The van der Waals surface area contributed by atoms with Crippen LogP contribution in [-0.4, -0.2) is 42.0 Å². The van der Waals surface area contributed by atoms with Gasteiger partial charge in [0, 0.05) is 10.6 Å². The lowest BCUT2D eigenvalue weighted by atomic mass is 9.77. The zero-order valence-electron chi connectivity index (χ0n) is 18.4. The molecule has 3 rings (SSSR count). The van der Waals surface area contributed by atoms with Crippen molar-refractivity contribution in [2.24, 2.45) is 5.92 Å². The van der Waals surface area contributed by atoms with E-state index in [1.807, 2.05) is 6.92 Å². The molecular formula is C23H24ClF3N2O5. The fourth-order valence-corrected chi connectivity index (χ4v) is 3.85. The van der Waals surface area contributed by atoms with Gasteiger partial charge in [0.15, 0.2) is 17.3 Å². The third-order valence-corrected chi connectivity index (χ3v) is 5.56. The highest BCUT2D eigenvalue weighted by atomic mass is 35.5. The van der Waals surface area contributed by atoms with Crippen LogP contribution in [0.15, 0.2) is 42.5 Å². The Morgan fingerprint density at radius 3 is 2.38 bits per heavy atom. The number of rotatable bonds is 8. The molecule has 2 aromatic rings. The second kappa shape index (κ2) is 10.1. The van der Waals surface area contributed by atoms with Gasteiger partial charge in [-0.3, -0.25) is 4.79 Å². The molecule has 34 heavy (non-hydrogen) atoms. The third kappa shape index (κ3) is 5.07. The minimum Gasteiger partial charge on any atom is -0.490 e. The van der Waals surface area contributed by atoms with Crippen LogP contribution in [0.3, 0.4) is 0 Å². The second-order valence-corrected chi connectivity index (χ2v) is 8.11. The number of urea groups is 1. The molecular weight excluding hydrogens is 477 g/mol. The van der Waals surface area contributed by atoms with Crippen molar-refractivity contribution in [3.8, 4) is 11.5 Å². The van der Waals surface area contributed by atoms with Crippen molar-refractivity contribution in [2.45, 2.75) is 38.2 Å². The number of aliphatic hydroxyl groups is 1. The van der Waals surface area contributed by atoms with Crippen LogP contribution < -0.4 is 20.1 Å². The molecule has 1 fully saturated rings. The molecule has 11 heteroatoms. The van der Waals surface area contributed by atoms with Crippen LogP contribution in [0.4, 0.5) is 18.0 Å². The molecule has 0 bridgehead atoms. The molecule has 1 saturated heterocycles. The van der Waals surface area contributed by atoms with Crippen molar-refractivity contribution in [2.75, 3.05) is 13.2 Å². The summed E-state index contributed by atoms with van der Waals surface area (Å²) in [6.45, 7) is 4.25. The van der Waals surface area contributed by atoms with Crippen molar-refractivity contribution in [3.63, 3.8) is 0 Å². The minimum atomic E-state index is -5.36. The summed E-state index contributed by atoms with van der Waals surface area (Å²) in [5, 5.41) is 14.8. The van der Waals surface area contributed by atoms with Crippen LogP contribution in [0.2, 0.25) is 5.02 Å². The van der Waals surface area contributed by atoms with Crippen LogP contribution in [0.1, 0.15) is 42.2 Å². The maximum Gasteiger partial charge on any atom is 0.437 e. The quantitative estimate of drug-likeness (QED) is 0.459. The number of hydrogen-bond acceptors (Lipinski definition) is 5. The molecule has 0 radical (unpaired) electrons. The predicted octanol–water partition coefficient (Wildman–Crippen LogP) is 4.63. The van der Waals surface area contributed by atoms with Crippen molar-refractivity contribution in [1.29, 1.82) is 0 Å². The minimum absolute atomic E-state index is 0.118. The Kier molecular flexibility index (Phi) is 7.62. The summed E-state index contributed by atoms with van der Waals surface area (Å²) in [4.78, 5) is 25.5. The highest BCUT2D eigenvalue weighted by Crippen LogP contribution is 2.45. The number of hydrogen-bond donors (Lipinski definition) is 3. The van der Waals surface area contributed by atoms with Gasteiger partial charge in [0.25, 0.3) is 0 Å². The number of alkyl halides is 3. The van der Waals surface area contributed by atoms with E-state index in [0.717, 1.165) is 0 Å². The lowest BCUT2D eigenvalue weighted by Gasteiger charge is -2.45. The first kappa shape index (κ1) is 25.6. The summed E-state index contributed by atoms with van der Waals surface area (Å²) in [5.74, 6) is -2.62. The van der Waals surface area contributed by atoms with E-state index in [9.17, 15) is 27.9 Å². The van der Waals surface area contributed by atoms with Crippen molar-refractivity contribution >= 4 is 23.4 Å². The summed E-state index contributed by atoms with van der Waals surface area (Å²) in [6.07, 6.45) is -4.64. The van der Waals surface area contributed by atoms with Gasteiger partial charge >= 0.3 is 12.2 Å². The van der Waals surface area contributed by atoms with E-state index >= 15 is 0 Å². The summed E-state index contributed by atoms with van der Waals surface area (Å²) >= 11 is 5.84. The maximum absolute atomic E-state index is 14.1. The van der Waals surface area contributed by atoms with Crippen LogP contribution >= 0.6 is 11.6 Å². The average Bonchev–Trinajstić information content (AvgIpc) is 2.77. The predicted molar refractivity (Wildman–Crippen MR) is 118 cm³/mol. The number of nitrogens with one attached hydrogen (secondary N) is 2. The van der Waals surface area contributed by atoms with E-state index in [0.29, 0.717) is 18.8 Å². The monoisotopic (exact) mass is 500 g/mol. The van der Waals surface area contributed by atoms with E-state index in [2.05, 4.69) is 5.32 Å². The van der Waals surface area contributed by atoms with Gasteiger partial charge in [0.2, 0.25) is 5.72 Å². The summed E-state index contributed by atoms with van der Waals surface area (Å²) < 4.78 is 53.4. The number of halogens is 4. The number of carbonyl (C=O) groups is 2. The highest BCUT2D eigenvalue weighted by molar-refractivity contribution is 6.30. The van der Waals surface area contributed by atoms with Gasteiger partial charge in [-0.15, -0.1) is 0 Å². The molecule has 0 saturated carbocycles. The first-order chi connectivity index (χ1) is 16.0. The van der Waals surface area contributed by atoms with Crippen LogP contribution in [0.25, 0.3) is 0 Å². The summed E-state index contributed by atoms with van der Waals surface area (Å²) in [6, 6.07) is 6.67. The molecule has 184 valence electrons. The Morgan fingerprint density at radius 1 is 1.12 bits per heavy atom. The molecule has 2 aromatic carbocycles. The van der Waals surface area contributed by atoms with E-state index in [1.165, 1.54) is 47.8 Å². The lowest BCUT2D eigenvalue weighted by Crippen LogP contribution is -2.72. The van der Waals surface area contributed by atoms with E-state index in [-0.39, 0.29) is 28.5 Å². The zero-order valence-corrected chi connectivity index (χ0v) is 19.2. The van der Waals surface area contributed by atoms with Crippen molar-refractivity contribution in [1.82, 2.24) is 10.6 Å². The number of amides is 2. The van der Waals surface area contributed by atoms with E-state index < -0.39 is 35.7 Å². The van der Waals surface area contributed by atoms with Crippen LogP contribution in [0, 0.1) is 5.92 Å². The van der Waals surface area contributed by atoms with Gasteiger partial charge < -0.3 is 25.2 Å². The van der Waals surface area contributed by atoms with Gasteiger partial charge in [-0.2, -0.15) is 13.2 Å². The van der Waals surface area contributed by atoms with Gasteiger partial charge in [-0.05, 0) is 55.3 Å². The molecule has 0 unspecified atom stereocenters. The summed E-state index contributed by atoms with van der Waals surface area (Å²) in [7, 11) is 0. The number of benzene rings is 2. The molecule has 7 nitrogen and oxygen atoms in total. The number of ether oxygens (including phenoxy) is 2. The molecule has 1 aliphatic rings. The fraction of sp³-hybridized carbons (Fsp3) is 0.391. The number of ketones is 1. The van der Waals surface area contributed by atoms with Crippen LogP contribution in [-0.2, 0) is 0 Å². The average molecular weight is 501 g/mol. The SMILES string of the molecule is CCCOc1ccc([C@@H]2NC(=O)N[C@@](O)(C(F)(F)F)[C@H]2C(=O)c2ccc(Cl)cc2)cc1OCC. The first-order valence-electron chi connectivity index (χ1n) is 10.6. The molecule has 0 spiro atoms. The molecule has 3 atom stereocenters. The number of carbonyl (C=O) groups excluding carboxylic acids is 2. The Morgan fingerprint density at radius 2 is 1.79 bits per heavy atom. The van der Waals surface area contributed by atoms with Crippen LogP contribution in [0.5, 0.6) is 11.5 Å². The second-order valence-electron chi connectivity index (χ2n) is 7.68. The molecule has 0 aromatic heterocycles. The van der Waals surface area contributed by atoms with Crippen molar-refractivity contribution in [3.05, 3.63) is 58.6 Å². The van der Waals surface area contributed by atoms with Gasteiger partial charge in [-0.1, -0.05) is 24.6 Å². The molecule has 1 aliphatic heterocycles. The fourth-order valence-electron chi connectivity index (χ4n) is 3.73. The van der Waals surface area contributed by atoms with Gasteiger partial charge in [-0.25, -0.2) is 4.79 Å². The summed E-state index contributed by atoms with van der Waals surface area (Å²) in [5.41, 5.74) is -3.83. The molecule has 3 N–H and O–H groups in total. The standard InChI is InChI=1S/C23H24ClF3N2O5/c1-3-11-34-16-10-7-14(12-17(16)33-4-2)19-18(20(30)13-5-8-15(24)9-6-13)22(32,23(25,26)27)29-21(31)28-19/h5-10,12,18-19,32H,3-4,11H2,1-2H3,(H2,28,29,31)/t18-,19+,22+/m1/s1. The normalized spacial score (nSPS) is 22.5. The topological polar surface area (TPSA) is 96.9 Å². The van der Waals surface area contributed by atoms with Crippen molar-refractivity contribution < 1.29 is 37.3 Å². The molecule has 2 amide bonds. The lowest BCUT2D eigenvalue weighted by molar-refractivity contribution is -0.287. The van der Waals surface area contributed by atoms with Gasteiger partial charge in [0.05, 0.1) is 19.3 Å². The number of Topliss-reactive ketones (excluding diaryl/α,β-unsaturated/α-hetero) is 1. The Balaban J connectivity index is 2.14. The molecule has 1 heterocycles. The smallest absolute Gasteiger partial charge is 0.437 e.